The van der Waals surface area contributed by atoms with Crippen LogP contribution in [0.3, 0.4) is 0 Å². The van der Waals surface area contributed by atoms with Gasteiger partial charge >= 0.3 is 0 Å². The van der Waals surface area contributed by atoms with Crippen molar-refractivity contribution in [1.82, 2.24) is 0 Å². The summed E-state index contributed by atoms with van der Waals surface area (Å²) in [5, 5.41) is 13.4. The fourth-order valence-corrected chi connectivity index (χ4v) is 3.73. The summed E-state index contributed by atoms with van der Waals surface area (Å²) in [6.07, 6.45) is 3.75. The zero-order valence-corrected chi connectivity index (χ0v) is 20.7. The van der Waals surface area contributed by atoms with Crippen LogP contribution in [-0.2, 0) is 17.8 Å². The van der Waals surface area contributed by atoms with Gasteiger partial charge in [-0.2, -0.15) is 5.26 Å². The van der Waals surface area contributed by atoms with Crippen molar-refractivity contribution in [2.24, 2.45) is 0 Å². The zero-order chi connectivity index (χ0) is 25.2. The fourth-order valence-electron chi connectivity index (χ4n) is 3.35. The lowest BCUT2D eigenvalue weighted by atomic mass is 10.0. The van der Waals surface area contributed by atoms with E-state index in [0.717, 1.165) is 11.1 Å². The van der Waals surface area contributed by atoms with Gasteiger partial charge in [-0.25, -0.2) is 0 Å². The number of hydrogen-bond donors (Lipinski definition) is 1. The average Bonchev–Trinajstić information content (AvgIpc) is 2.83. The molecule has 3 rings (SSSR count). The monoisotopic (exact) mass is 506 g/mol. The molecule has 0 atom stereocenters. The van der Waals surface area contributed by atoms with E-state index in [2.05, 4.69) is 11.9 Å². The molecule has 0 unspecified atom stereocenters. The summed E-state index contributed by atoms with van der Waals surface area (Å²) in [6.45, 7) is 6.36. The second-order valence-electron chi connectivity index (χ2n) is 7.45. The van der Waals surface area contributed by atoms with Crippen LogP contribution in [0.4, 0.5) is 5.69 Å². The molecule has 0 aromatic heterocycles. The van der Waals surface area contributed by atoms with Crippen LogP contribution in [0.1, 0.15) is 23.6 Å². The quantitative estimate of drug-likeness (QED) is 0.178. The lowest BCUT2D eigenvalue weighted by Gasteiger charge is -2.17. The number of amides is 1. The van der Waals surface area contributed by atoms with Crippen molar-refractivity contribution in [2.45, 2.75) is 20.0 Å². The van der Waals surface area contributed by atoms with Crippen LogP contribution in [0, 0.1) is 11.3 Å². The molecule has 0 heterocycles. The second-order valence-corrected chi connectivity index (χ2v) is 8.29. The van der Waals surface area contributed by atoms with E-state index in [1.165, 1.54) is 6.08 Å². The number of carbonyl (C=O) groups excluding carboxylic acids is 1. The van der Waals surface area contributed by atoms with Crippen LogP contribution in [0.5, 0.6) is 11.5 Å². The normalized spacial score (nSPS) is 10.9. The SMILES string of the molecule is C=CCc1cc(/C=C(\C#N)C(=O)Nc2cccc(Cl)c2)cc(OCC)c1OCc1ccccc1Cl. The highest BCUT2D eigenvalue weighted by Crippen LogP contribution is 2.36. The maximum atomic E-state index is 12.7. The molecule has 0 aliphatic heterocycles. The van der Waals surface area contributed by atoms with Crippen molar-refractivity contribution in [3.05, 3.63) is 106 Å². The van der Waals surface area contributed by atoms with E-state index in [0.29, 0.717) is 45.8 Å². The third-order valence-electron chi connectivity index (χ3n) is 4.91. The van der Waals surface area contributed by atoms with Gasteiger partial charge in [-0.05, 0) is 61.4 Å². The van der Waals surface area contributed by atoms with E-state index < -0.39 is 5.91 Å². The van der Waals surface area contributed by atoms with Gasteiger partial charge in [-0.3, -0.25) is 4.79 Å². The molecule has 178 valence electrons. The molecular weight excluding hydrogens is 483 g/mol. The van der Waals surface area contributed by atoms with Gasteiger partial charge in [-0.1, -0.05) is 53.5 Å². The molecule has 0 saturated heterocycles. The molecule has 0 saturated carbocycles. The minimum atomic E-state index is -0.544. The van der Waals surface area contributed by atoms with Crippen LogP contribution < -0.4 is 14.8 Å². The summed E-state index contributed by atoms with van der Waals surface area (Å²) in [5.41, 5.74) is 2.69. The number of benzene rings is 3. The molecule has 3 aromatic carbocycles. The van der Waals surface area contributed by atoms with Gasteiger partial charge in [0.15, 0.2) is 11.5 Å². The first kappa shape index (κ1) is 25.9. The minimum absolute atomic E-state index is 0.0679. The zero-order valence-electron chi connectivity index (χ0n) is 19.2. The van der Waals surface area contributed by atoms with Crippen molar-refractivity contribution in [2.75, 3.05) is 11.9 Å². The molecule has 0 radical (unpaired) electrons. The first-order chi connectivity index (χ1) is 16.9. The number of anilines is 1. The number of nitrogens with one attached hydrogen (secondary N) is 1. The molecule has 1 amide bonds. The van der Waals surface area contributed by atoms with Gasteiger partial charge in [-0.15, -0.1) is 6.58 Å². The van der Waals surface area contributed by atoms with Crippen molar-refractivity contribution < 1.29 is 14.3 Å². The molecule has 7 heteroatoms. The standard InChI is InChI=1S/C28H24Cl2N2O3/c1-3-8-20-13-19(14-22(17-31)28(33)32-24-11-7-10-23(29)16-24)15-26(34-4-2)27(20)35-18-21-9-5-6-12-25(21)30/h3,5-7,9-16H,1,4,8,18H2,2H3,(H,32,33)/b22-14+. The molecular formula is C28H24Cl2N2O3. The van der Waals surface area contributed by atoms with E-state index in [1.807, 2.05) is 37.3 Å². The maximum Gasteiger partial charge on any atom is 0.266 e. The van der Waals surface area contributed by atoms with E-state index in [1.54, 1.807) is 42.5 Å². The Morgan fingerprint density at radius 3 is 2.57 bits per heavy atom. The number of hydrogen-bond acceptors (Lipinski definition) is 4. The molecule has 0 bridgehead atoms. The highest BCUT2D eigenvalue weighted by molar-refractivity contribution is 6.31. The van der Waals surface area contributed by atoms with Gasteiger partial charge < -0.3 is 14.8 Å². The lowest BCUT2D eigenvalue weighted by molar-refractivity contribution is -0.112. The van der Waals surface area contributed by atoms with Crippen LogP contribution in [0.2, 0.25) is 10.0 Å². The van der Waals surface area contributed by atoms with Crippen LogP contribution in [0.25, 0.3) is 6.08 Å². The van der Waals surface area contributed by atoms with Crippen LogP contribution in [0.15, 0.2) is 78.9 Å². The highest BCUT2D eigenvalue weighted by atomic mass is 35.5. The third kappa shape index (κ3) is 7.13. The van der Waals surface area contributed by atoms with Gasteiger partial charge in [0, 0.05) is 26.9 Å². The molecule has 0 aliphatic carbocycles. The Bertz CT molecular complexity index is 1300. The third-order valence-corrected chi connectivity index (χ3v) is 5.51. The molecule has 0 spiro atoms. The summed E-state index contributed by atoms with van der Waals surface area (Å²) < 4.78 is 12.0. The smallest absolute Gasteiger partial charge is 0.266 e. The number of carbonyl (C=O) groups is 1. The molecule has 3 aromatic rings. The largest absolute Gasteiger partial charge is 0.490 e. The Labute approximate surface area is 215 Å². The van der Waals surface area contributed by atoms with Crippen molar-refractivity contribution >= 4 is 40.9 Å². The Kier molecular flexibility index (Phi) is 9.37. The summed E-state index contributed by atoms with van der Waals surface area (Å²) in [6, 6.07) is 19.7. The van der Waals surface area contributed by atoms with E-state index in [4.69, 9.17) is 32.7 Å². The van der Waals surface area contributed by atoms with Crippen molar-refractivity contribution in [3.63, 3.8) is 0 Å². The number of ether oxygens (including phenoxy) is 2. The Morgan fingerprint density at radius 2 is 1.89 bits per heavy atom. The Hall–Kier alpha value is -3.72. The molecule has 35 heavy (non-hydrogen) atoms. The lowest BCUT2D eigenvalue weighted by Crippen LogP contribution is -2.13. The predicted octanol–water partition coefficient (Wildman–Crippen LogP) is 7.25. The number of halogens is 2. The highest BCUT2D eigenvalue weighted by Gasteiger charge is 2.16. The van der Waals surface area contributed by atoms with E-state index in [9.17, 15) is 10.1 Å². The first-order valence-electron chi connectivity index (χ1n) is 10.9. The molecule has 1 N–H and O–H groups in total. The van der Waals surface area contributed by atoms with Gasteiger partial charge in [0.2, 0.25) is 0 Å². The topological polar surface area (TPSA) is 71.4 Å². The van der Waals surface area contributed by atoms with Gasteiger partial charge in [0.25, 0.3) is 5.91 Å². The molecule has 0 aliphatic rings. The Balaban J connectivity index is 1.94. The second kappa shape index (κ2) is 12.7. The van der Waals surface area contributed by atoms with Crippen molar-refractivity contribution in [3.8, 4) is 17.6 Å². The average molecular weight is 507 g/mol. The summed E-state index contributed by atoms with van der Waals surface area (Å²) in [5.74, 6) is 0.514. The number of allylic oxidation sites excluding steroid dienone is 1. The molecule has 0 fully saturated rings. The van der Waals surface area contributed by atoms with Crippen molar-refractivity contribution in [1.29, 1.82) is 5.26 Å². The number of nitrogens with zero attached hydrogens (tertiary/aromatic N) is 1. The van der Waals surface area contributed by atoms with Crippen LogP contribution >= 0.6 is 23.2 Å². The minimum Gasteiger partial charge on any atom is -0.490 e. The number of nitriles is 1. The van der Waals surface area contributed by atoms with Gasteiger partial charge in [0.1, 0.15) is 18.2 Å². The van der Waals surface area contributed by atoms with Gasteiger partial charge in [0.05, 0.1) is 6.61 Å². The fraction of sp³-hybridized carbons (Fsp3) is 0.143. The number of rotatable bonds is 10. The van der Waals surface area contributed by atoms with Crippen LogP contribution in [-0.4, -0.2) is 12.5 Å². The summed E-state index contributed by atoms with van der Waals surface area (Å²) in [4.78, 5) is 12.7. The maximum absolute atomic E-state index is 12.7. The first-order valence-corrected chi connectivity index (χ1v) is 11.7. The summed E-state index contributed by atoms with van der Waals surface area (Å²) >= 11 is 12.3. The molecule has 5 nitrogen and oxygen atoms in total. The Morgan fingerprint density at radius 1 is 1.09 bits per heavy atom. The summed E-state index contributed by atoms with van der Waals surface area (Å²) in [7, 11) is 0. The van der Waals surface area contributed by atoms with E-state index >= 15 is 0 Å². The predicted molar refractivity (Wildman–Crippen MR) is 141 cm³/mol. The van der Waals surface area contributed by atoms with E-state index in [-0.39, 0.29) is 12.2 Å².